The smallest absolute Gasteiger partial charge is 0.253 e. The molecule has 0 aromatic heterocycles. The second kappa shape index (κ2) is 6.97. The zero-order valence-electron chi connectivity index (χ0n) is 13.5. The molecule has 0 saturated carbocycles. The summed E-state index contributed by atoms with van der Waals surface area (Å²) in [4.78, 5) is 14.5. The Morgan fingerprint density at radius 3 is 2.52 bits per heavy atom. The average molecular weight is 309 g/mol. The van der Waals surface area contributed by atoms with E-state index in [-0.39, 0.29) is 11.8 Å². The van der Waals surface area contributed by atoms with Crippen molar-refractivity contribution < 1.29 is 9.90 Å². The van der Waals surface area contributed by atoms with Gasteiger partial charge in [0.25, 0.3) is 5.91 Å². The number of hydrogen-bond acceptors (Lipinski definition) is 2. The normalized spacial score (nSPS) is 19.4. The molecule has 1 heterocycles. The third kappa shape index (κ3) is 3.62. The molecule has 1 fully saturated rings. The van der Waals surface area contributed by atoms with Crippen LogP contribution in [0.1, 0.15) is 40.4 Å². The van der Waals surface area contributed by atoms with Crippen molar-refractivity contribution in [2.45, 2.75) is 25.9 Å². The zero-order chi connectivity index (χ0) is 16.2. The van der Waals surface area contributed by atoms with E-state index >= 15 is 0 Å². The Kier molecular flexibility index (Phi) is 4.77. The molecule has 23 heavy (non-hydrogen) atoms. The molecule has 0 radical (unpaired) electrons. The van der Waals surface area contributed by atoms with E-state index in [4.69, 9.17) is 0 Å². The van der Waals surface area contributed by atoms with Crippen molar-refractivity contribution in [2.75, 3.05) is 13.1 Å². The summed E-state index contributed by atoms with van der Waals surface area (Å²) in [6, 6.07) is 17.4. The zero-order valence-corrected chi connectivity index (χ0v) is 13.5. The first-order valence-electron chi connectivity index (χ1n) is 8.24. The highest BCUT2D eigenvalue weighted by atomic mass is 16.3. The largest absolute Gasteiger partial charge is 0.388 e. The molecule has 1 aliphatic rings. The van der Waals surface area contributed by atoms with Gasteiger partial charge in [0, 0.05) is 24.6 Å². The summed E-state index contributed by atoms with van der Waals surface area (Å²) in [7, 11) is 0. The number of benzene rings is 2. The van der Waals surface area contributed by atoms with Crippen molar-refractivity contribution in [3.8, 4) is 0 Å². The number of piperidine rings is 1. The molecule has 1 saturated heterocycles. The van der Waals surface area contributed by atoms with Gasteiger partial charge >= 0.3 is 0 Å². The van der Waals surface area contributed by atoms with Crippen LogP contribution in [-0.4, -0.2) is 29.0 Å². The minimum Gasteiger partial charge on any atom is -0.388 e. The monoisotopic (exact) mass is 309 g/mol. The van der Waals surface area contributed by atoms with Crippen molar-refractivity contribution in [1.29, 1.82) is 0 Å². The molecule has 2 aromatic carbocycles. The van der Waals surface area contributed by atoms with E-state index in [0.29, 0.717) is 6.54 Å². The molecule has 1 amide bonds. The first-order chi connectivity index (χ1) is 11.1. The van der Waals surface area contributed by atoms with Crippen LogP contribution in [0.15, 0.2) is 54.6 Å². The molecule has 1 unspecified atom stereocenters. The number of carbonyl (C=O) groups is 1. The van der Waals surface area contributed by atoms with Gasteiger partial charge in [-0.25, -0.2) is 0 Å². The fourth-order valence-corrected chi connectivity index (χ4v) is 3.25. The van der Waals surface area contributed by atoms with Crippen LogP contribution in [0.3, 0.4) is 0 Å². The Morgan fingerprint density at radius 1 is 1.13 bits per heavy atom. The van der Waals surface area contributed by atoms with E-state index < -0.39 is 6.10 Å². The highest BCUT2D eigenvalue weighted by molar-refractivity contribution is 5.94. The van der Waals surface area contributed by atoms with Crippen molar-refractivity contribution in [1.82, 2.24) is 4.90 Å². The molecule has 2 aromatic rings. The highest BCUT2D eigenvalue weighted by Crippen LogP contribution is 2.30. The summed E-state index contributed by atoms with van der Waals surface area (Å²) in [6.45, 7) is 3.40. The van der Waals surface area contributed by atoms with Crippen LogP contribution in [0.2, 0.25) is 0 Å². The third-order valence-electron chi connectivity index (χ3n) is 4.63. The van der Waals surface area contributed by atoms with Crippen LogP contribution in [0.4, 0.5) is 0 Å². The first kappa shape index (κ1) is 15.8. The molecular weight excluding hydrogens is 286 g/mol. The van der Waals surface area contributed by atoms with Gasteiger partial charge in [0.05, 0.1) is 6.10 Å². The fourth-order valence-electron chi connectivity index (χ4n) is 3.25. The lowest BCUT2D eigenvalue weighted by molar-refractivity contribution is 0.0401. The maximum atomic E-state index is 12.7. The highest BCUT2D eigenvalue weighted by Gasteiger charge is 2.29. The molecular formula is C20H23NO2. The lowest BCUT2D eigenvalue weighted by Crippen LogP contribution is -2.41. The Bertz CT molecular complexity index is 651. The summed E-state index contributed by atoms with van der Waals surface area (Å²) in [5, 5.41) is 10.6. The number of aryl methyl sites for hydroxylation is 1. The summed E-state index contributed by atoms with van der Waals surface area (Å²) < 4.78 is 0. The Balaban J connectivity index is 1.70. The molecule has 3 rings (SSSR count). The van der Waals surface area contributed by atoms with E-state index in [9.17, 15) is 9.90 Å². The maximum Gasteiger partial charge on any atom is 0.253 e. The maximum absolute atomic E-state index is 12.7. The van der Waals surface area contributed by atoms with Gasteiger partial charge in [0.15, 0.2) is 0 Å². The SMILES string of the molecule is Cc1ccc(C(=O)N2CCCC([C@@H](O)c3ccccc3)C2)cc1. The molecule has 0 aliphatic carbocycles. The van der Waals surface area contributed by atoms with Gasteiger partial charge < -0.3 is 10.0 Å². The third-order valence-corrected chi connectivity index (χ3v) is 4.63. The van der Waals surface area contributed by atoms with Crippen molar-refractivity contribution >= 4 is 5.91 Å². The van der Waals surface area contributed by atoms with Gasteiger partial charge in [0.2, 0.25) is 0 Å². The van der Waals surface area contributed by atoms with Crippen molar-refractivity contribution in [2.24, 2.45) is 5.92 Å². The van der Waals surface area contributed by atoms with Gasteiger partial charge in [-0.05, 0) is 37.5 Å². The molecule has 1 N–H and O–H groups in total. The number of aliphatic hydroxyl groups is 1. The van der Waals surface area contributed by atoms with Crippen molar-refractivity contribution in [3.05, 3.63) is 71.3 Å². The second-order valence-electron chi connectivity index (χ2n) is 6.38. The van der Waals surface area contributed by atoms with Gasteiger partial charge in [-0.3, -0.25) is 4.79 Å². The standard InChI is InChI=1S/C20H23NO2/c1-15-9-11-17(12-10-15)20(23)21-13-5-8-18(14-21)19(22)16-6-3-2-4-7-16/h2-4,6-7,9-12,18-19,22H,5,8,13-14H2,1H3/t18?,19-/m0/s1. The van der Waals surface area contributed by atoms with Crippen molar-refractivity contribution in [3.63, 3.8) is 0 Å². The molecule has 120 valence electrons. The summed E-state index contributed by atoms with van der Waals surface area (Å²) in [6.07, 6.45) is 1.38. The molecule has 0 bridgehead atoms. The summed E-state index contributed by atoms with van der Waals surface area (Å²) in [5.41, 5.74) is 2.81. The first-order valence-corrected chi connectivity index (χ1v) is 8.24. The Labute approximate surface area is 137 Å². The van der Waals surface area contributed by atoms with Crippen LogP contribution in [0, 0.1) is 12.8 Å². The summed E-state index contributed by atoms with van der Waals surface area (Å²) in [5.74, 6) is 0.163. The number of amides is 1. The number of aliphatic hydroxyl groups excluding tert-OH is 1. The topological polar surface area (TPSA) is 40.5 Å². The molecule has 0 spiro atoms. The second-order valence-corrected chi connectivity index (χ2v) is 6.38. The molecule has 3 nitrogen and oxygen atoms in total. The number of nitrogens with zero attached hydrogens (tertiary/aromatic N) is 1. The van der Waals surface area contributed by atoms with Gasteiger partial charge in [0.1, 0.15) is 0 Å². The predicted molar refractivity (Wildman–Crippen MR) is 91.2 cm³/mol. The average Bonchev–Trinajstić information content (AvgIpc) is 2.62. The van der Waals surface area contributed by atoms with E-state index in [1.165, 1.54) is 0 Å². The van der Waals surface area contributed by atoms with Gasteiger partial charge in [-0.15, -0.1) is 0 Å². The number of rotatable bonds is 3. The molecule has 3 heteroatoms. The minimum atomic E-state index is -0.509. The lowest BCUT2D eigenvalue weighted by atomic mass is 9.88. The van der Waals surface area contributed by atoms with E-state index in [1.807, 2.05) is 66.4 Å². The lowest BCUT2D eigenvalue weighted by Gasteiger charge is -2.35. The number of likely N-dealkylation sites (tertiary alicyclic amines) is 1. The Hall–Kier alpha value is -2.13. The summed E-state index contributed by atoms with van der Waals surface area (Å²) >= 11 is 0. The van der Waals surface area contributed by atoms with Crippen LogP contribution in [-0.2, 0) is 0 Å². The van der Waals surface area contributed by atoms with E-state index in [0.717, 1.165) is 36.1 Å². The van der Waals surface area contributed by atoms with E-state index in [2.05, 4.69) is 0 Å². The van der Waals surface area contributed by atoms with E-state index in [1.54, 1.807) is 0 Å². The Morgan fingerprint density at radius 2 is 1.83 bits per heavy atom. The van der Waals surface area contributed by atoms with Gasteiger partial charge in [-0.1, -0.05) is 48.0 Å². The van der Waals surface area contributed by atoms with Crippen LogP contribution in [0.25, 0.3) is 0 Å². The quantitative estimate of drug-likeness (QED) is 0.941. The molecule has 1 aliphatic heterocycles. The van der Waals surface area contributed by atoms with Crippen LogP contribution >= 0.6 is 0 Å². The molecule has 2 atom stereocenters. The fraction of sp³-hybridized carbons (Fsp3) is 0.350. The predicted octanol–water partition coefficient (Wildman–Crippen LogP) is 3.58. The van der Waals surface area contributed by atoms with Crippen LogP contribution < -0.4 is 0 Å². The van der Waals surface area contributed by atoms with Crippen LogP contribution in [0.5, 0.6) is 0 Å². The van der Waals surface area contributed by atoms with Gasteiger partial charge in [-0.2, -0.15) is 0 Å². The number of carbonyl (C=O) groups excluding carboxylic acids is 1. The minimum absolute atomic E-state index is 0.0648. The number of hydrogen-bond donors (Lipinski definition) is 1.